The second kappa shape index (κ2) is 6.35. The van der Waals surface area contributed by atoms with Gasteiger partial charge in [0, 0.05) is 13.0 Å². The summed E-state index contributed by atoms with van der Waals surface area (Å²) in [6, 6.07) is 9.39. The van der Waals surface area contributed by atoms with Crippen LogP contribution in [-0.4, -0.2) is 47.0 Å². The van der Waals surface area contributed by atoms with Crippen molar-refractivity contribution in [2.24, 2.45) is 0 Å². The quantitative estimate of drug-likeness (QED) is 0.910. The Kier molecular flexibility index (Phi) is 4.73. The van der Waals surface area contributed by atoms with Crippen molar-refractivity contribution in [3.8, 4) is 5.75 Å². The number of carbonyl (C=O) groups is 1. The Morgan fingerprint density at radius 2 is 1.95 bits per heavy atom. The number of carbonyl (C=O) groups excluding carboxylic acids is 1. The maximum Gasteiger partial charge on any atom is 0.410 e. The lowest BCUT2D eigenvalue weighted by Crippen LogP contribution is -2.52. The van der Waals surface area contributed by atoms with Gasteiger partial charge in [-0.3, -0.25) is 0 Å². The summed E-state index contributed by atoms with van der Waals surface area (Å²) in [5.41, 5.74) is -0.528. The van der Waals surface area contributed by atoms with Crippen LogP contribution in [0.15, 0.2) is 30.3 Å². The topological polar surface area (TPSA) is 59.0 Å². The van der Waals surface area contributed by atoms with Crippen LogP contribution in [-0.2, 0) is 4.74 Å². The van der Waals surface area contributed by atoms with Crippen molar-refractivity contribution < 1.29 is 19.4 Å². The normalized spacial score (nSPS) is 22.8. The van der Waals surface area contributed by atoms with E-state index in [1.165, 1.54) is 4.90 Å². The smallest absolute Gasteiger partial charge is 0.410 e. The van der Waals surface area contributed by atoms with Gasteiger partial charge < -0.3 is 19.5 Å². The molecule has 0 spiro atoms. The molecule has 0 bridgehead atoms. The number of aliphatic hydroxyl groups excluding tert-OH is 1. The summed E-state index contributed by atoms with van der Waals surface area (Å²) in [5.74, 6) is 0.729. The lowest BCUT2D eigenvalue weighted by atomic mass is 10.1. The van der Waals surface area contributed by atoms with E-state index in [1.807, 2.05) is 51.1 Å². The number of benzene rings is 1. The molecular formula is C16H23NO4. The maximum atomic E-state index is 12.0. The maximum absolute atomic E-state index is 12.0. The van der Waals surface area contributed by atoms with E-state index in [0.717, 1.165) is 5.75 Å². The zero-order chi connectivity index (χ0) is 15.5. The summed E-state index contributed by atoms with van der Waals surface area (Å²) in [7, 11) is 0. The number of ether oxygens (including phenoxy) is 2. The van der Waals surface area contributed by atoms with Crippen molar-refractivity contribution in [3.05, 3.63) is 30.3 Å². The first-order chi connectivity index (χ1) is 9.85. The molecule has 2 rings (SSSR count). The van der Waals surface area contributed by atoms with Crippen LogP contribution in [0.25, 0.3) is 0 Å². The summed E-state index contributed by atoms with van der Waals surface area (Å²) in [6.45, 7) is 6.22. The fourth-order valence-electron chi connectivity index (χ4n) is 2.21. The van der Waals surface area contributed by atoms with E-state index in [1.54, 1.807) is 0 Å². The van der Waals surface area contributed by atoms with Crippen LogP contribution in [0.3, 0.4) is 0 Å². The predicted molar refractivity (Wildman–Crippen MR) is 79.3 cm³/mol. The van der Waals surface area contributed by atoms with Crippen LogP contribution >= 0.6 is 0 Å². The lowest BCUT2D eigenvalue weighted by Gasteiger charge is -2.36. The van der Waals surface area contributed by atoms with Crippen molar-refractivity contribution in [1.82, 2.24) is 4.90 Å². The van der Waals surface area contributed by atoms with Crippen molar-refractivity contribution in [3.63, 3.8) is 0 Å². The van der Waals surface area contributed by atoms with Crippen molar-refractivity contribution >= 4 is 6.09 Å². The summed E-state index contributed by atoms with van der Waals surface area (Å²) >= 11 is 0. The third kappa shape index (κ3) is 4.63. The van der Waals surface area contributed by atoms with Crippen LogP contribution in [0.2, 0.25) is 0 Å². The number of rotatable bonds is 2. The molecule has 2 atom stereocenters. The minimum atomic E-state index is -0.716. The average Bonchev–Trinajstić information content (AvgIpc) is 2.40. The molecule has 0 aliphatic carbocycles. The van der Waals surface area contributed by atoms with Gasteiger partial charge in [-0.05, 0) is 32.9 Å². The van der Waals surface area contributed by atoms with E-state index in [-0.39, 0.29) is 18.7 Å². The Morgan fingerprint density at radius 3 is 2.52 bits per heavy atom. The molecule has 5 heteroatoms. The molecule has 1 aromatic rings. The summed E-state index contributed by atoms with van der Waals surface area (Å²) in [6.07, 6.45) is -0.827. The average molecular weight is 293 g/mol. The molecule has 1 fully saturated rings. The fourth-order valence-corrected chi connectivity index (χ4v) is 2.21. The van der Waals surface area contributed by atoms with Crippen molar-refractivity contribution in [2.75, 3.05) is 13.1 Å². The van der Waals surface area contributed by atoms with Crippen molar-refractivity contribution in [2.45, 2.75) is 45.0 Å². The first-order valence-corrected chi connectivity index (χ1v) is 7.23. The van der Waals surface area contributed by atoms with Gasteiger partial charge in [0.2, 0.25) is 0 Å². The van der Waals surface area contributed by atoms with E-state index in [2.05, 4.69) is 0 Å². The standard InChI is InChI=1S/C16H23NO4/c1-16(2,3)21-15(19)17-10-9-14(13(18)11-17)20-12-7-5-4-6-8-12/h4-8,13-14,18H,9-11H2,1-3H3/t13-,14-/m0/s1. The minimum absolute atomic E-state index is 0.229. The SMILES string of the molecule is CC(C)(C)OC(=O)N1CC[C@H](Oc2ccccc2)[C@@H](O)C1. The van der Waals surface area contributed by atoms with Crippen LogP contribution in [0.5, 0.6) is 5.75 Å². The monoisotopic (exact) mass is 293 g/mol. The van der Waals surface area contributed by atoms with Crippen LogP contribution in [0.1, 0.15) is 27.2 Å². The van der Waals surface area contributed by atoms with E-state index in [4.69, 9.17) is 9.47 Å². The second-order valence-corrected chi connectivity index (χ2v) is 6.25. The number of para-hydroxylation sites is 1. The van der Waals surface area contributed by atoms with Gasteiger partial charge in [-0.15, -0.1) is 0 Å². The summed E-state index contributed by atoms with van der Waals surface area (Å²) < 4.78 is 11.1. The number of likely N-dealkylation sites (tertiary alicyclic amines) is 1. The first-order valence-electron chi connectivity index (χ1n) is 7.23. The highest BCUT2D eigenvalue weighted by molar-refractivity contribution is 5.68. The summed E-state index contributed by atoms with van der Waals surface area (Å²) in [5, 5.41) is 10.2. The molecule has 1 aliphatic heterocycles. The molecule has 1 amide bonds. The predicted octanol–water partition coefficient (Wildman–Crippen LogP) is 2.44. The Morgan fingerprint density at radius 1 is 1.29 bits per heavy atom. The Balaban J connectivity index is 1.89. The zero-order valence-electron chi connectivity index (χ0n) is 12.8. The highest BCUT2D eigenvalue weighted by atomic mass is 16.6. The number of hydrogen-bond acceptors (Lipinski definition) is 4. The Hall–Kier alpha value is -1.75. The lowest BCUT2D eigenvalue weighted by molar-refractivity contribution is -0.0374. The molecule has 21 heavy (non-hydrogen) atoms. The molecule has 0 saturated carbocycles. The molecule has 5 nitrogen and oxygen atoms in total. The first kappa shape index (κ1) is 15.6. The van der Waals surface area contributed by atoms with Gasteiger partial charge in [0.1, 0.15) is 23.6 Å². The van der Waals surface area contributed by atoms with Gasteiger partial charge in [-0.1, -0.05) is 18.2 Å². The molecule has 1 aromatic carbocycles. The van der Waals surface area contributed by atoms with Gasteiger partial charge in [0.05, 0.1) is 6.54 Å². The number of β-amino-alcohol motifs (C(OH)–C–C–N with tert-alkyl or cyclic N) is 1. The van der Waals surface area contributed by atoms with E-state index >= 15 is 0 Å². The second-order valence-electron chi connectivity index (χ2n) is 6.25. The van der Waals surface area contributed by atoms with Crippen LogP contribution < -0.4 is 4.74 Å². The molecule has 1 heterocycles. The third-order valence-electron chi connectivity index (χ3n) is 3.20. The van der Waals surface area contributed by atoms with E-state index < -0.39 is 11.7 Å². The molecule has 1 aliphatic rings. The molecule has 0 unspecified atom stereocenters. The molecular weight excluding hydrogens is 270 g/mol. The van der Waals surface area contributed by atoms with Gasteiger partial charge >= 0.3 is 6.09 Å². The van der Waals surface area contributed by atoms with Crippen LogP contribution in [0, 0.1) is 0 Å². The molecule has 0 aromatic heterocycles. The Bertz CT molecular complexity index is 469. The molecule has 1 saturated heterocycles. The number of piperidine rings is 1. The van der Waals surface area contributed by atoms with Gasteiger partial charge in [0.25, 0.3) is 0 Å². The Labute approximate surface area is 125 Å². The van der Waals surface area contributed by atoms with E-state index in [0.29, 0.717) is 13.0 Å². The van der Waals surface area contributed by atoms with Gasteiger partial charge in [-0.2, -0.15) is 0 Å². The number of hydrogen-bond donors (Lipinski definition) is 1. The fraction of sp³-hybridized carbons (Fsp3) is 0.562. The minimum Gasteiger partial charge on any atom is -0.488 e. The summed E-state index contributed by atoms with van der Waals surface area (Å²) in [4.78, 5) is 13.5. The van der Waals surface area contributed by atoms with Crippen molar-refractivity contribution in [1.29, 1.82) is 0 Å². The van der Waals surface area contributed by atoms with Gasteiger partial charge in [0.15, 0.2) is 0 Å². The van der Waals surface area contributed by atoms with E-state index in [9.17, 15) is 9.90 Å². The zero-order valence-corrected chi connectivity index (χ0v) is 12.8. The third-order valence-corrected chi connectivity index (χ3v) is 3.20. The highest BCUT2D eigenvalue weighted by Gasteiger charge is 2.33. The highest BCUT2D eigenvalue weighted by Crippen LogP contribution is 2.20. The largest absolute Gasteiger partial charge is 0.488 e. The van der Waals surface area contributed by atoms with Gasteiger partial charge in [-0.25, -0.2) is 4.79 Å². The molecule has 116 valence electrons. The molecule has 1 N–H and O–H groups in total. The number of aliphatic hydroxyl groups is 1. The number of amides is 1. The van der Waals surface area contributed by atoms with Crippen LogP contribution in [0.4, 0.5) is 4.79 Å². The molecule has 0 radical (unpaired) electrons. The number of nitrogens with zero attached hydrogens (tertiary/aromatic N) is 1.